The van der Waals surface area contributed by atoms with Crippen LogP contribution in [0.4, 0.5) is 0 Å². The van der Waals surface area contributed by atoms with Crippen molar-refractivity contribution in [1.29, 1.82) is 0 Å². The second-order valence-corrected chi connectivity index (χ2v) is 3.31. The molecule has 3 heteroatoms. The van der Waals surface area contributed by atoms with Gasteiger partial charge in [0, 0.05) is 12.8 Å². The zero-order valence-electron chi connectivity index (χ0n) is 8.52. The Morgan fingerprint density at radius 1 is 1.50 bits per heavy atom. The zero-order valence-corrected chi connectivity index (χ0v) is 8.52. The van der Waals surface area contributed by atoms with Crippen LogP contribution in [-0.2, 0) is 11.3 Å². The molecule has 1 atom stereocenters. The van der Waals surface area contributed by atoms with Gasteiger partial charge in [0.15, 0.2) is 0 Å². The first-order valence-electron chi connectivity index (χ1n) is 4.95. The van der Waals surface area contributed by atoms with Gasteiger partial charge in [-0.25, -0.2) is 0 Å². The minimum Gasteiger partial charge on any atom is -0.396 e. The van der Waals surface area contributed by atoms with Gasteiger partial charge in [-0.2, -0.15) is 0 Å². The number of aromatic nitrogens is 1. The molecule has 0 amide bonds. The van der Waals surface area contributed by atoms with Gasteiger partial charge in [0.25, 0.3) is 0 Å². The van der Waals surface area contributed by atoms with Crippen molar-refractivity contribution in [2.24, 2.45) is 0 Å². The molecule has 0 aliphatic carbocycles. The summed E-state index contributed by atoms with van der Waals surface area (Å²) >= 11 is 0. The van der Waals surface area contributed by atoms with Gasteiger partial charge in [-0.05, 0) is 31.9 Å². The third-order valence-corrected chi connectivity index (χ3v) is 2.01. The van der Waals surface area contributed by atoms with Gasteiger partial charge >= 0.3 is 0 Å². The average Bonchev–Trinajstić information content (AvgIpc) is 2.25. The third kappa shape index (κ3) is 4.35. The number of hydrogen-bond donors (Lipinski definition) is 1. The molecule has 0 saturated heterocycles. The average molecular weight is 195 g/mol. The zero-order chi connectivity index (χ0) is 10.2. The molecule has 0 radical (unpaired) electrons. The third-order valence-electron chi connectivity index (χ3n) is 2.01. The lowest BCUT2D eigenvalue weighted by molar-refractivity contribution is 0.0413. The Balaban J connectivity index is 2.20. The van der Waals surface area contributed by atoms with Crippen molar-refractivity contribution < 1.29 is 9.84 Å². The molecule has 1 N–H and O–H groups in total. The molecule has 0 aliphatic rings. The second kappa shape index (κ2) is 6.51. The van der Waals surface area contributed by atoms with E-state index in [9.17, 15) is 0 Å². The lowest BCUT2D eigenvalue weighted by Gasteiger charge is -2.11. The van der Waals surface area contributed by atoms with Gasteiger partial charge < -0.3 is 9.84 Å². The predicted molar refractivity (Wildman–Crippen MR) is 54.8 cm³/mol. The molecular formula is C11H17NO2. The summed E-state index contributed by atoms with van der Waals surface area (Å²) in [6, 6.07) is 5.78. The maximum atomic E-state index is 8.63. The monoisotopic (exact) mass is 195 g/mol. The van der Waals surface area contributed by atoms with Gasteiger partial charge in [-0.1, -0.05) is 6.07 Å². The Kier molecular flexibility index (Phi) is 5.19. The number of hydrogen-bond acceptors (Lipinski definition) is 3. The molecule has 78 valence electrons. The highest BCUT2D eigenvalue weighted by Gasteiger charge is 2.02. The Bertz CT molecular complexity index is 238. The molecule has 0 bridgehead atoms. The quantitative estimate of drug-likeness (QED) is 0.752. The van der Waals surface area contributed by atoms with Crippen LogP contribution in [0, 0.1) is 0 Å². The van der Waals surface area contributed by atoms with Crippen LogP contribution < -0.4 is 0 Å². The van der Waals surface area contributed by atoms with E-state index < -0.39 is 0 Å². The summed E-state index contributed by atoms with van der Waals surface area (Å²) in [5, 5.41) is 8.63. The molecular weight excluding hydrogens is 178 g/mol. The van der Waals surface area contributed by atoms with Crippen molar-refractivity contribution in [1.82, 2.24) is 4.98 Å². The van der Waals surface area contributed by atoms with Crippen LogP contribution in [0.2, 0.25) is 0 Å². The number of aliphatic hydroxyl groups excluding tert-OH is 1. The van der Waals surface area contributed by atoms with E-state index in [0.717, 1.165) is 18.5 Å². The van der Waals surface area contributed by atoms with Crippen LogP contribution in [0.3, 0.4) is 0 Å². The maximum Gasteiger partial charge on any atom is 0.0891 e. The molecule has 1 heterocycles. The van der Waals surface area contributed by atoms with Crippen LogP contribution in [-0.4, -0.2) is 22.8 Å². The lowest BCUT2D eigenvalue weighted by Crippen LogP contribution is -2.09. The van der Waals surface area contributed by atoms with Crippen molar-refractivity contribution >= 4 is 0 Å². The highest BCUT2D eigenvalue weighted by atomic mass is 16.5. The number of aliphatic hydroxyl groups is 1. The molecule has 1 aromatic rings. The van der Waals surface area contributed by atoms with Gasteiger partial charge in [0.05, 0.1) is 18.4 Å². The van der Waals surface area contributed by atoms with Crippen molar-refractivity contribution in [3.05, 3.63) is 30.1 Å². The topological polar surface area (TPSA) is 42.4 Å². The van der Waals surface area contributed by atoms with Crippen LogP contribution in [0.15, 0.2) is 24.4 Å². The van der Waals surface area contributed by atoms with Crippen LogP contribution in [0.1, 0.15) is 25.5 Å². The van der Waals surface area contributed by atoms with E-state index in [1.54, 1.807) is 6.20 Å². The number of pyridine rings is 1. The van der Waals surface area contributed by atoms with Gasteiger partial charge in [0.1, 0.15) is 0 Å². The molecule has 1 aromatic heterocycles. The first-order valence-corrected chi connectivity index (χ1v) is 4.95. The fraction of sp³-hybridized carbons (Fsp3) is 0.545. The summed E-state index contributed by atoms with van der Waals surface area (Å²) in [7, 11) is 0. The molecule has 0 aliphatic heterocycles. The van der Waals surface area contributed by atoms with Crippen LogP contribution >= 0.6 is 0 Å². The van der Waals surface area contributed by atoms with Gasteiger partial charge in [-0.15, -0.1) is 0 Å². The second-order valence-electron chi connectivity index (χ2n) is 3.31. The van der Waals surface area contributed by atoms with E-state index in [-0.39, 0.29) is 12.7 Å². The minimum atomic E-state index is 0.184. The van der Waals surface area contributed by atoms with Gasteiger partial charge in [0.2, 0.25) is 0 Å². The molecule has 14 heavy (non-hydrogen) atoms. The summed E-state index contributed by atoms with van der Waals surface area (Å²) < 4.78 is 5.56. The van der Waals surface area contributed by atoms with Crippen molar-refractivity contribution in [3.8, 4) is 0 Å². The summed E-state index contributed by atoms with van der Waals surface area (Å²) in [5.41, 5.74) is 0.948. The molecule has 0 saturated carbocycles. The number of ether oxygens (including phenoxy) is 1. The smallest absolute Gasteiger partial charge is 0.0891 e. The van der Waals surface area contributed by atoms with Crippen molar-refractivity contribution in [2.45, 2.75) is 32.5 Å². The van der Waals surface area contributed by atoms with Crippen LogP contribution in [0.25, 0.3) is 0 Å². The predicted octanol–water partition coefficient (Wildman–Crippen LogP) is 1.76. The fourth-order valence-corrected chi connectivity index (χ4v) is 1.17. The van der Waals surface area contributed by atoms with Gasteiger partial charge in [-0.3, -0.25) is 4.98 Å². The largest absolute Gasteiger partial charge is 0.396 e. The number of nitrogens with zero attached hydrogens (tertiary/aromatic N) is 1. The Morgan fingerprint density at radius 3 is 3.00 bits per heavy atom. The molecule has 1 unspecified atom stereocenters. The lowest BCUT2D eigenvalue weighted by atomic mass is 10.2. The normalized spacial score (nSPS) is 12.7. The summed E-state index contributed by atoms with van der Waals surface area (Å²) in [6.07, 6.45) is 3.63. The van der Waals surface area contributed by atoms with Crippen LogP contribution in [0.5, 0.6) is 0 Å². The summed E-state index contributed by atoms with van der Waals surface area (Å²) in [6.45, 7) is 2.79. The summed E-state index contributed by atoms with van der Waals surface area (Å²) in [5.74, 6) is 0. The van der Waals surface area contributed by atoms with E-state index in [2.05, 4.69) is 4.98 Å². The molecule has 0 fully saturated rings. The Labute approximate surface area is 84.7 Å². The SMILES string of the molecule is CC(CCCO)OCc1ccccn1. The Hall–Kier alpha value is -0.930. The molecule has 1 rings (SSSR count). The number of rotatable bonds is 6. The molecule has 3 nitrogen and oxygen atoms in total. The highest BCUT2D eigenvalue weighted by molar-refractivity contribution is 5.01. The van der Waals surface area contributed by atoms with E-state index in [1.807, 2.05) is 25.1 Å². The van der Waals surface area contributed by atoms with E-state index in [0.29, 0.717) is 6.61 Å². The molecule has 0 spiro atoms. The Morgan fingerprint density at radius 2 is 2.36 bits per heavy atom. The van der Waals surface area contributed by atoms with Crippen molar-refractivity contribution in [2.75, 3.05) is 6.61 Å². The first-order chi connectivity index (χ1) is 6.83. The first kappa shape index (κ1) is 11.1. The standard InChI is InChI=1S/C11H17NO2/c1-10(5-4-8-13)14-9-11-6-2-3-7-12-11/h2-3,6-7,10,13H,4-5,8-9H2,1H3. The maximum absolute atomic E-state index is 8.63. The van der Waals surface area contributed by atoms with E-state index in [4.69, 9.17) is 9.84 Å². The van der Waals surface area contributed by atoms with E-state index in [1.165, 1.54) is 0 Å². The van der Waals surface area contributed by atoms with E-state index >= 15 is 0 Å². The highest BCUT2D eigenvalue weighted by Crippen LogP contribution is 2.04. The minimum absolute atomic E-state index is 0.184. The summed E-state index contributed by atoms with van der Waals surface area (Å²) in [4.78, 5) is 4.16. The van der Waals surface area contributed by atoms with Crippen molar-refractivity contribution in [3.63, 3.8) is 0 Å². The fourth-order valence-electron chi connectivity index (χ4n) is 1.17. The molecule has 0 aromatic carbocycles.